The van der Waals surface area contributed by atoms with Crippen LogP contribution in [-0.4, -0.2) is 38.5 Å². The molecule has 0 saturated heterocycles. The summed E-state index contributed by atoms with van der Waals surface area (Å²) in [4.78, 5) is 0.261. The van der Waals surface area contributed by atoms with Gasteiger partial charge in [-0.2, -0.15) is 5.10 Å². The fourth-order valence-corrected chi connectivity index (χ4v) is 4.67. The molecule has 1 aromatic heterocycles. The molecule has 2 aromatic rings. The Morgan fingerprint density at radius 2 is 2.16 bits per heavy atom. The number of fused-ring (bicyclic) bond motifs is 1. The number of benzene rings is 1. The van der Waals surface area contributed by atoms with Gasteiger partial charge in [0.05, 0.1) is 25.1 Å². The molecule has 8 heteroatoms. The molecule has 0 radical (unpaired) electrons. The summed E-state index contributed by atoms with van der Waals surface area (Å²) < 4.78 is 40.5. The fourth-order valence-electron chi connectivity index (χ4n) is 3.12. The lowest BCUT2D eigenvalue weighted by Gasteiger charge is -2.25. The molecular formula is C17H23N3O4S. The standard InChI is InChI=1S/C17H23N3O4S/c1-11-17(12(2)20(3)19-11)25(21,22)18-9-13-7-14-5-6-15(23-4)8-16(14)24-10-13/h5-6,8,13,18H,7,9-10H2,1-4H3/t13-/m1/s1. The third kappa shape index (κ3) is 3.50. The van der Waals surface area contributed by atoms with Gasteiger partial charge < -0.3 is 9.47 Å². The van der Waals surface area contributed by atoms with Gasteiger partial charge in [-0.3, -0.25) is 4.68 Å². The van der Waals surface area contributed by atoms with E-state index in [1.165, 1.54) is 0 Å². The molecule has 0 spiro atoms. The van der Waals surface area contributed by atoms with Crippen molar-refractivity contribution in [2.24, 2.45) is 13.0 Å². The van der Waals surface area contributed by atoms with Gasteiger partial charge in [0, 0.05) is 25.6 Å². The Morgan fingerprint density at radius 3 is 2.80 bits per heavy atom. The van der Waals surface area contributed by atoms with E-state index in [9.17, 15) is 8.42 Å². The molecule has 0 aliphatic carbocycles. The smallest absolute Gasteiger partial charge is 0.244 e. The van der Waals surface area contributed by atoms with Crippen LogP contribution in [0.2, 0.25) is 0 Å². The third-order valence-corrected chi connectivity index (χ3v) is 6.21. The highest BCUT2D eigenvalue weighted by atomic mass is 32.2. The molecule has 0 fully saturated rings. The molecule has 0 bridgehead atoms. The average Bonchev–Trinajstić information content (AvgIpc) is 2.85. The Labute approximate surface area is 148 Å². The molecule has 0 saturated carbocycles. The summed E-state index contributed by atoms with van der Waals surface area (Å²) in [5.74, 6) is 1.63. The van der Waals surface area contributed by atoms with E-state index in [4.69, 9.17) is 9.47 Å². The van der Waals surface area contributed by atoms with E-state index in [1.54, 1.807) is 32.7 Å². The number of ether oxygens (including phenoxy) is 2. The number of aromatic nitrogens is 2. The minimum absolute atomic E-state index is 0.0768. The Bertz CT molecular complexity index is 890. The monoisotopic (exact) mass is 365 g/mol. The maximum Gasteiger partial charge on any atom is 0.244 e. The second-order valence-corrected chi connectivity index (χ2v) is 8.03. The summed E-state index contributed by atoms with van der Waals surface area (Å²) in [6.45, 7) is 4.24. The quantitative estimate of drug-likeness (QED) is 0.870. The zero-order valence-corrected chi connectivity index (χ0v) is 15.7. The van der Waals surface area contributed by atoms with Crippen LogP contribution >= 0.6 is 0 Å². The summed E-state index contributed by atoms with van der Waals surface area (Å²) in [7, 11) is -0.244. The fraction of sp³-hybridized carbons (Fsp3) is 0.471. The van der Waals surface area contributed by atoms with Gasteiger partial charge in [0.1, 0.15) is 16.4 Å². The lowest BCUT2D eigenvalue weighted by atomic mass is 9.97. The molecule has 25 heavy (non-hydrogen) atoms. The summed E-state index contributed by atoms with van der Waals surface area (Å²) in [5.41, 5.74) is 2.19. The minimum Gasteiger partial charge on any atom is -0.497 e. The maximum absolute atomic E-state index is 12.6. The molecule has 0 amide bonds. The molecule has 1 aliphatic rings. The molecule has 0 unspecified atom stereocenters. The molecule has 1 N–H and O–H groups in total. The number of nitrogens with zero attached hydrogens (tertiary/aromatic N) is 2. The number of nitrogens with one attached hydrogen (secondary N) is 1. The molecule has 7 nitrogen and oxygen atoms in total. The van der Waals surface area contributed by atoms with Crippen LogP contribution in [0.25, 0.3) is 0 Å². The molecule has 1 atom stereocenters. The first-order valence-corrected chi connectivity index (χ1v) is 9.59. The van der Waals surface area contributed by atoms with Gasteiger partial charge in [-0.05, 0) is 31.9 Å². The molecular weight excluding hydrogens is 342 g/mol. The lowest BCUT2D eigenvalue weighted by molar-refractivity contribution is 0.222. The predicted molar refractivity (Wildman–Crippen MR) is 93.6 cm³/mol. The van der Waals surface area contributed by atoms with E-state index >= 15 is 0 Å². The average molecular weight is 365 g/mol. The van der Waals surface area contributed by atoms with Crippen LogP contribution in [-0.2, 0) is 23.5 Å². The van der Waals surface area contributed by atoms with Crippen molar-refractivity contribution >= 4 is 10.0 Å². The number of hydrogen-bond acceptors (Lipinski definition) is 5. The first-order chi connectivity index (χ1) is 11.8. The lowest BCUT2D eigenvalue weighted by Crippen LogP contribution is -2.35. The van der Waals surface area contributed by atoms with Gasteiger partial charge in [0.25, 0.3) is 0 Å². The highest BCUT2D eigenvalue weighted by Gasteiger charge is 2.26. The largest absolute Gasteiger partial charge is 0.497 e. The summed E-state index contributed by atoms with van der Waals surface area (Å²) >= 11 is 0. The first kappa shape index (κ1) is 17.8. The summed E-state index contributed by atoms with van der Waals surface area (Å²) in [6.07, 6.45) is 0.757. The molecule has 2 heterocycles. The van der Waals surface area contributed by atoms with Crippen LogP contribution in [0, 0.1) is 19.8 Å². The maximum atomic E-state index is 12.6. The van der Waals surface area contributed by atoms with Crippen LogP contribution in [0.3, 0.4) is 0 Å². The van der Waals surface area contributed by atoms with E-state index in [1.807, 2.05) is 18.2 Å². The molecule has 1 aromatic carbocycles. The van der Waals surface area contributed by atoms with Crippen molar-refractivity contribution in [3.8, 4) is 11.5 Å². The van der Waals surface area contributed by atoms with Crippen LogP contribution in [0.1, 0.15) is 17.0 Å². The van der Waals surface area contributed by atoms with Crippen molar-refractivity contribution in [1.82, 2.24) is 14.5 Å². The third-order valence-electron chi connectivity index (χ3n) is 4.53. The highest BCUT2D eigenvalue weighted by molar-refractivity contribution is 7.89. The van der Waals surface area contributed by atoms with E-state index in [2.05, 4.69) is 9.82 Å². The SMILES string of the molecule is COc1ccc2c(c1)OC[C@@H](CNS(=O)(=O)c1c(C)nn(C)c1C)C2. The zero-order valence-electron chi connectivity index (χ0n) is 14.9. The van der Waals surface area contributed by atoms with Crippen LogP contribution in [0.5, 0.6) is 11.5 Å². The molecule has 3 rings (SSSR count). The van der Waals surface area contributed by atoms with Gasteiger partial charge in [0.2, 0.25) is 10.0 Å². The number of rotatable bonds is 5. The van der Waals surface area contributed by atoms with Crippen LogP contribution < -0.4 is 14.2 Å². The predicted octanol–water partition coefficient (Wildman–Crippen LogP) is 1.58. The number of hydrogen-bond donors (Lipinski definition) is 1. The van der Waals surface area contributed by atoms with Crippen LogP contribution in [0.4, 0.5) is 0 Å². The summed E-state index contributed by atoms with van der Waals surface area (Å²) in [6, 6.07) is 5.71. The zero-order chi connectivity index (χ0) is 18.2. The van der Waals surface area contributed by atoms with Crippen molar-refractivity contribution in [2.75, 3.05) is 20.3 Å². The van der Waals surface area contributed by atoms with Gasteiger partial charge >= 0.3 is 0 Å². The summed E-state index contributed by atoms with van der Waals surface area (Å²) in [5, 5.41) is 4.18. The minimum atomic E-state index is -3.60. The molecule has 136 valence electrons. The second kappa shape index (κ2) is 6.68. The highest BCUT2D eigenvalue weighted by Crippen LogP contribution is 2.31. The topological polar surface area (TPSA) is 82.4 Å². The van der Waals surface area contributed by atoms with Crippen molar-refractivity contribution in [2.45, 2.75) is 25.2 Å². The van der Waals surface area contributed by atoms with Crippen molar-refractivity contribution in [1.29, 1.82) is 0 Å². The van der Waals surface area contributed by atoms with Gasteiger partial charge in [-0.1, -0.05) is 6.07 Å². The number of aryl methyl sites for hydroxylation is 2. The number of sulfonamides is 1. The number of methoxy groups -OCH3 is 1. The van der Waals surface area contributed by atoms with E-state index in [-0.39, 0.29) is 10.8 Å². The van der Waals surface area contributed by atoms with Crippen molar-refractivity contribution < 1.29 is 17.9 Å². The van der Waals surface area contributed by atoms with Gasteiger partial charge in [0.15, 0.2) is 0 Å². The Balaban J connectivity index is 1.69. The Kier molecular flexibility index (Phi) is 4.75. The van der Waals surface area contributed by atoms with Crippen molar-refractivity contribution in [3.63, 3.8) is 0 Å². The van der Waals surface area contributed by atoms with E-state index in [0.29, 0.717) is 24.5 Å². The van der Waals surface area contributed by atoms with Gasteiger partial charge in [-0.25, -0.2) is 13.1 Å². The normalized spacial score (nSPS) is 17.0. The van der Waals surface area contributed by atoms with Crippen molar-refractivity contribution in [3.05, 3.63) is 35.2 Å². The Hall–Kier alpha value is -2.06. The second-order valence-electron chi connectivity index (χ2n) is 6.33. The van der Waals surface area contributed by atoms with Gasteiger partial charge in [-0.15, -0.1) is 0 Å². The van der Waals surface area contributed by atoms with E-state index in [0.717, 1.165) is 23.5 Å². The van der Waals surface area contributed by atoms with Crippen LogP contribution in [0.15, 0.2) is 23.1 Å². The van der Waals surface area contributed by atoms with E-state index < -0.39 is 10.0 Å². The molecule has 1 aliphatic heterocycles. The Morgan fingerprint density at radius 1 is 1.40 bits per heavy atom. The first-order valence-electron chi connectivity index (χ1n) is 8.11.